The average Bonchev–Trinajstić information content (AvgIpc) is 2.81. The van der Waals surface area contributed by atoms with Crippen molar-refractivity contribution in [1.82, 2.24) is 4.90 Å². The van der Waals surface area contributed by atoms with Gasteiger partial charge in [0.05, 0.1) is 11.5 Å². The van der Waals surface area contributed by atoms with Crippen LogP contribution >= 0.6 is 24.0 Å². The number of nitrogens with zero attached hydrogens (tertiary/aromatic N) is 1. The molecule has 1 amide bonds. The van der Waals surface area contributed by atoms with Crippen molar-refractivity contribution in [3.05, 3.63) is 0 Å². The normalized spacial score (nSPS) is 23.8. The molecule has 1 aliphatic rings. The highest BCUT2D eigenvalue weighted by Crippen LogP contribution is 2.37. The Labute approximate surface area is 139 Å². The molecule has 0 N–H and O–H groups in total. The van der Waals surface area contributed by atoms with E-state index in [4.69, 9.17) is 17.0 Å². The van der Waals surface area contributed by atoms with Gasteiger partial charge in [-0.05, 0) is 18.3 Å². The highest BCUT2D eigenvalue weighted by Gasteiger charge is 2.46. The Morgan fingerprint density at radius 2 is 2.00 bits per heavy atom. The van der Waals surface area contributed by atoms with Crippen LogP contribution in [-0.4, -0.2) is 39.6 Å². The van der Waals surface area contributed by atoms with E-state index in [-0.39, 0.29) is 23.8 Å². The third-order valence-electron chi connectivity index (χ3n) is 4.93. The first-order chi connectivity index (χ1) is 9.72. The molecule has 3 nitrogen and oxygen atoms in total. The Kier molecular flexibility index (Phi) is 6.69. The smallest absolute Gasteiger partial charge is 0.234 e. The van der Waals surface area contributed by atoms with E-state index in [1.165, 1.54) is 0 Å². The highest BCUT2D eigenvalue weighted by molar-refractivity contribution is 8.23. The Morgan fingerprint density at radius 3 is 2.38 bits per heavy atom. The van der Waals surface area contributed by atoms with Crippen molar-refractivity contribution in [2.75, 3.05) is 12.9 Å². The molecule has 122 valence electrons. The summed E-state index contributed by atoms with van der Waals surface area (Å²) in [5.74, 6) is 1.49. The third kappa shape index (κ3) is 3.45. The lowest BCUT2D eigenvalue weighted by Crippen LogP contribution is -2.53. The van der Waals surface area contributed by atoms with Crippen molar-refractivity contribution in [3.8, 4) is 0 Å². The van der Waals surface area contributed by atoms with Gasteiger partial charge in [-0.15, -0.1) is 0 Å². The van der Waals surface area contributed by atoms with Crippen LogP contribution in [0.3, 0.4) is 0 Å². The summed E-state index contributed by atoms with van der Waals surface area (Å²) in [6.07, 6.45) is 0.814. The predicted octanol–water partition coefficient (Wildman–Crippen LogP) is 3.96. The van der Waals surface area contributed by atoms with Crippen molar-refractivity contribution in [1.29, 1.82) is 0 Å². The summed E-state index contributed by atoms with van der Waals surface area (Å²) in [4.78, 5) is 14.9. The summed E-state index contributed by atoms with van der Waals surface area (Å²) in [6.45, 7) is 12.6. The summed E-state index contributed by atoms with van der Waals surface area (Å²) in [5, 5.41) is 0. The van der Waals surface area contributed by atoms with E-state index in [2.05, 4.69) is 34.6 Å². The van der Waals surface area contributed by atoms with Crippen LogP contribution in [0, 0.1) is 17.8 Å². The fraction of sp³-hybridized carbons (Fsp3) is 0.875. The molecule has 0 spiro atoms. The first kappa shape index (κ1) is 18.9. The van der Waals surface area contributed by atoms with Gasteiger partial charge in [0.15, 0.2) is 0 Å². The molecule has 0 aromatic carbocycles. The lowest BCUT2D eigenvalue weighted by Gasteiger charge is -2.42. The minimum atomic E-state index is -0.429. The van der Waals surface area contributed by atoms with E-state index >= 15 is 0 Å². The zero-order valence-electron chi connectivity index (χ0n) is 14.3. The van der Waals surface area contributed by atoms with Crippen molar-refractivity contribution >= 4 is 34.2 Å². The second kappa shape index (κ2) is 7.42. The summed E-state index contributed by atoms with van der Waals surface area (Å²) in [5.41, 5.74) is -0.429. The second-order valence-corrected chi connectivity index (χ2v) is 8.14. The summed E-state index contributed by atoms with van der Waals surface area (Å²) >= 11 is 7.04. The fourth-order valence-electron chi connectivity index (χ4n) is 3.37. The lowest BCUT2D eigenvalue weighted by atomic mass is 9.76. The number of methoxy groups -OCH3 is 1. The Hall–Kier alpha value is -0.130. The van der Waals surface area contributed by atoms with E-state index in [1.54, 1.807) is 18.9 Å². The van der Waals surface area contributed by atoms with Gasteiger partial charge in [0.1, 0.15) is 4.32 Å². The molecule has 0 radical (unpaired) electrons. The van der Waals surface area contributed by atoms with E-state index in [0.29, 0.717) is 5.92 Å². The van der Waals surface area contributed by atoms with Crippen molar-refractivity contribution < 1.29 is 9.53 Å². The van der Waals surface area contributed by atoms with Crippen molar-refractivity contribution in [2.45, 2.75) is 59.6 Å². The predicted molar refractivity (Wildman–Crippen MR) is 94.6 cm³/mol. The van der Waals surface area contributed by atoms with Crippen LogP contribution in [0.4, 0.5) is 0 Å². The van der Waals surface area contributed by atoms with E-state index in [0.717, 1.165) is 16.5 Å². The number of carbonyl (C=O) groups is 1. The van der Waals surface area contributed by atoms with E-state index in [1.807, 2.05) is 11.8 Å². The minimum Gasteiger partial charge on any atom is -0.377 e. The molecule has 1 rings (SSSR count). The molecule has 1 heterocycles. The SMILES string of the molecule is CC[C@](OC)(C(C)C)[C@@H](C)C(=O)N1C(=S)SC[C@@H]1C(C)C. The van der Waals surface area contributed by atoms with Gasteiger partial charge < -0.3 is 4.74 Å². The van der Waals surface area contributed by atoms with E-state index < -0.39 is 5.60 Å². The Bertz CT molecular complexity index is 392. The molecule has 1 fully saturated rings. The topological polar surface area (TPSA) is 29.5 Å². The van der Waals surface area contributed by atoms with Gasteiger partial charge in [0.2, 0.25) is 5.91 Å². The van der Waals surface area contributed by atoms with E-state index in [9.17, 15) is 4.79 Å². The molecule has 0 unspecified atom stereocenters. The zero-order chi connectivity index (χ0) is 16.4. The first-order valence-electron chi connectivity index (χ1n) is 7.77. The molecule has 0 aliphatic carbocycles. The lowest BCUT2D eigenvalue weighted by molar-refractivity contribution is -0.151. The number of thioether (sulfide) groups is 1. The van der Waals surface area contributed by atoms with Gasteiger partial charge in [-0.1, -0.05) is 65.5 Å². The quantitative estimate of drug-likeness (QED) is 0.689. The number of amides is 1. The average molecular weight is 332 g/mol. The summed E-state index contributed by atoms with van der Waals surface area (Å²) in [6, 6.07) is 0.205. The number of hydrogen-bond acceptors (Lipinski definition) is 4. The number of hydrogen-bond donors (Lipinski definition) is 0. The van der Waals surface area contributed by atoms with Gasteiger partial charge in [0.25, 0.3) is 0 Å². The summed E-state index contributed by atoms with van der Waals surface area (Å²) < 4.78 is 6.54. The standard InChI is InChI=1S/C16H29NO2S2/c1-8-16(19-7,11(4)5)12(6)14(18)17-13(10(2)3)9-21-15(17)20/h10-13H,8-9H2,1-7H3/t12-,13+,16-/m0/s1. The Morgan fingerprint density at radius 1 is 1.43 bits per heavy atom. The van der Waals surface area contributed by atoms with Crippen LogP contribution in [0.25, 0.3) is 0 Å². The molecule has 0 bridgehead atoms. The maximum Gasteiger partial charge on any atom is 0.234 e. The molecule has 0 aromatic heterocycles. The van der Waals surface area contributed by atoms with Crippen LogP contribution in [0.1, 0.15) is 48.0 Å². The zero-order valence-corrected chi connectivity index (χ0v) is 15.9. The molecule has 1 saturated heterocycles. The molecular formula is C16H29NO2S2. The number of ether oxygens (including phenoxy) is 1. The van der Waals surface area contributed by atoms with Gasteiger partial charge in [0, 0.05) is 18.9 Å². The monoisotopic (exact) mass is 331 g/mol. The number of carbonyl (C=O) groups excluding carboxylic acids is 1. The molecule has 21 heavy (non-hydrogen) atoms. The number of rotatable bonds is 6. The van der Waals surface area contributed by atoms with Crippen molar-refractivity contribution in [3.63, 3.8) is 0 Å². The van der Waals surface area contributed by atoms with Gasteiger partial charge >= 0.3 is 0 Å². The van der Waals surface area contributed by atoms with Gasteiger partial charge in [-0.3, -0.25) is 9.69 Å². The van der Waals surface area contributed by atoms with Crippen LogP contribution in [0.2, 0.25) is 0 Å². The maximum absolute atomic E-state index is 13.1. The molecule has 0 aromatic rings. The molecule has 3 atom stereocenters. The van der Waals surface area contributed by atoms with Gasteiger partial charge in [-0.2, -0.15) is 0 Å². The third-order valence-corrected chi connectivity index (χ3v) is 6.43. The maximum atomic E-state index is 13.1. The fourth-order valence-corrected chi connectivity index (χ4v) is 5.01. The molecule has 1 aliphatic heterocycles. The van der Waals surface area contributed by atoms with Crippen LogP contribution in [0.15, 0.2) is 0 Å². The van der Waals surface area contributed by atoms with Crippen LogP contribution in [0.5, 0.6) is 0 Å². The first-order valence-corrected chi connectivity index (χ1v) is 9.17. The number of thiocarbonyl (C=S) groups is 1. The highest BCUT2D eigenvalue weighted by atomic mass is 32.2. The summed E-state index contributed by atoms with van der Waals surface area (Å²) in [7, 11) is 1.71. The minimum absolute atomic E-state index is 0.112. The van der Waals surface area contributed by atoms with Crippen LogP contribution in [-0.2, 0) is 9.53 Å². The van der Waals surface area contributed by atoms with Crippen LogP contribution < -0.4 is 0 Å². The second-order valence-electron chi connectivity index (χ2n) is 6.49. The largest absolute Gasteiger partial charge is 0.377 e. The van der Waals surface area contributed by atoms with Gasteiger partial charge in [-0.25, -0.2) is 0 Å². The Balaban J connectivity index is 3.07. The molecule has 5 heteroatoms. The van der Waals surface area contributed by atoms with Crippen molar-refractivity contribution in [2.24, 2.45) is 17.8 Å². The molecular weight excluding hydrogens is 302 g/mol. The molecule has 0 saturated carbocycles.